The number of nitrogens with two attached hydrogens (primary N) is 1. The van der Waals surface area contributed by atoms with Crippen LogP contribution in [0.1, 0.15) is 38.7 Å². The van der Waals surface area contributed by atoms with Crippen molar-refractivity contribution < 1.29 is 0 Å². The lowest BCUT2D eigenvalue weighted by atomic mass is 9.84. The van der Waals surface area contributed by atoms with Gasteiger partial charge in [0.15, 0.2) is 0 Å². The lowest BCUT2D eigenvalue weighted by Gasteiger charge is -2.29. The minimum absolute atomic E-state index is 0.345. The third-order valence-corrected chi connectivity index (χ3v) is 3.01. The monoisotopic (exact) mass is 206 g/mol. The van der Waals surface area contributed by atoms with Gasteiger partial charge in [-0.15, -0.1) is 0 Å². The SMILES string of the molecule is CCC(c1ccccc1)C(NN)C(C)C. The molecule has 2 nitrogen and oxygen atoms in total. The van der Waals surface area contributed by atoms with Crippen LogP contribution in [0.2, 0.25) is 0 Å². The summed E-state index contributed by atoms with van der Waals surface area (Å²) in [6.45, 7) is 6.62. The number of hydrogen-bond donors (Lipinski definition) is 2. The van der Waals surface area contributed by atoms with E-state index in [1.54, 1.807) is 0 Å². The van der Waals surface area contributed by atoms with Crippen LogP contribution in [-0.2, 0) is 0 Å². The standard InChI is InChI=1S/C13H22N2/c1-4-12(13(15-14)10(2)3)11-8-6-5-7-9-11/h5-10,12-13,15H,4,14H2,1-3H3. The van der Waals surface area contributed by atoms with E-state index in [0.717, 1.165) is 6.42 Å². The maximum atomic E-state index is 5.64. The first-order valence-corrected chi connectivity index (χ1v) is 5.71. The minimum Gasteiger partial charge on any atom is -0.271 e. The second-order valence-electron chi connectivity index (χ2n) is 4.36. The molecule has 2 heteroatoms. The summed E-state index contributed by atoms with van der Waals surface area (Å²) in [7, 11) is 0. The van der Waals surface area contributed by atoms with Crippen molar-refractivity contribution in [2.24, 2.45) is 11.8 Å². The maximum absolute atomic E-state index is 5.64. The lowest BCUT2D eigenvalue weighted by Crippen LogP contribution is -2.43. The third kappa shape index (κ3) is 3.05. The predicted molar refractivity (Wildman–Crippen MR) is 65.4 cm³/mol. The first-order chi connectivity index (χ1) is 7.20. The van der Waals surface area contributed by atoms with Gasteiger partial charge in [-0.25, -0.2) is 0 Å². The van der Waals surface area contributed by atoms with Gasteiger partial charge in [0.05, 0.1) is 0 Å². The molecule has 0 aliphatic carbocycles. The summed E-state index contributed by atoms with van der Waals surface area (Å²) >= 11 is 0. The fourth-order valence-electron chi connectivity index (χ4n) is 2.17. The summed E-state index contributed by atoms with van der Waals surface area (Å²) in [5.41, 5.74) is 4.32. The van der Waals surface area contributed by atoms with E-state index < -0.39 is 0 Å². The second-order valence-corrected chi connectivity index (χ2v) is 4.36. The summed E-state index contributed by atoms with van der Waals surface area (Å²) < 4.78 is 0. The summed E-state index contributed by atoms with van der Waals surface area (Å²) in [5, 5.41) is 0. The zero-order valence-corrected chi connectivity index (χ0v) is 9.90. The molecule has 0 radical (unpaired) electrons. The number of rotatable bonds is 5. The zero-order valence-electron chi connectivity index (χ0n) is 9.90. The molecule has 2 atom stereocenters. The molecule has 1 aromatic carbocycles. The molecule has 0 saturated heterocycles. The minimum atomic E-state index is 0.345. The Balaban J connectivity index is 2.87. The van der Waals surface area contributed by atoms with E-state index in [1.165, 1.54) is 5.56 Å². The number of hydrogen-bond acceptors (Lipinski definition) is 2. The van der Waals surface area contributed by atoms with Crippen LogP contribution in [-0.4, -0.2) is 6.04 Å². The molecule has 0 bridgehead atoms. The molecule has 0 spiro atoms. The molecule has 1 aromatic rings. The van der Waals surface area contributed by atoms with E-state index in [-0.39, 0.29) is 0 Å². The Morgan fingerprint density at radius 2 is 1.80 bits per heavy atom. The highest BCUT2D eigenvalue weighted by atomic mass is 15.2. The Labute approximate surface area is 92.8 Å². The molecule has 0 aliphatic rings. The highest BCUT2D eigenvalue weighted by Crippen LogP contribution is 2.26. The van der Waals surface area contributed by atoms with Crippen molar-refractivity contribution in [3.8, 4) is 0 Å². The van der Waals surface area contributed by atoms with Crippen molar-refractivity contribution in [1.82, 2.24) is 5.43 Å². The highest BCUT2D eigenvalue weighted by molar-refractivity contribution is 5.21. The van der Waals surface area contributed by atoms with Gasteiger partial charge in [-0.2, -0.15) is 0 Å². The highest BCUT2D eigenvalue weighted by Gasteiger charge is 2.22. The number of nitrogens with one attached hydrogen (secondary N) is 1. The van der Waals surface area contributed by atoms with Gasteiger partial charge in [-0.1, -0.05) is 51.1 Å². The summed E-state index contributed by atoms with van der Waals surface area (Å²) in [4.78, 5) is 0. The van der Waals surface area contributed by atoms with E-state index in [4.69, 9.17) is 5.84 Å². The third-order valence-electron chi connectivity index (χ3n) is 3.01. The topological polar surface area (TPSA) is 38.0 Å². The number of benzene rings is 1. The summed E-state index contributed by atoms with van der Waals surface area (Å²) in [6.07, 6.45) is 1.11. The Hall–Kier alpha value is -0.860. The van der Waals surface area contributed by atoms with Gasteiger partial charge in [0, 0.05) is 12.0 Å². The normalized spacial score (nSPS) is 15.3. The van der Waals surface area contributed by atoms with Crippen molar-refractivity contribution >= 4 is 0 Å². The first kappa shape index (κ1) is 12.2. The van der Waals surface area contributed by atoms with E-state index in [0.29, 0.717) is 17.9 Å². The van der Waals surface area contributed by atoms with Gasteiger partial charge in [0.25, 0.3) is 0 Å². The molecule has 15 heavy (non-hydrogen) atoms. The van der Waals surface area contributed by atoms with Gasteiger partial charge in [0.1, 0.15) is 0 Å². The van der Waals surface area contributed by atoms with E-state index in [9.17, 15) is 0 Å². The van der Waals surface area contributed by atoms with Gasteiger partial charge >= 0.3 is 0 Å². The van der Waals surface area contributed by atoms with Gasteiger partial charge in [-0.3, -0.25) is 11.3 Å². The van der Waals surface area contributed by atoms with E-state index in [2.05, 4.69) is 56.5 Å². The largest absolute Gasteiger partial charge is 0.271 e. The summed E-state index contributed by atoms with van der Waals surface area (Å²) in [5.74, 6) is 6.68. The van der Waals surface area contributed by atoms with Crippen LogP contribution < -0.4 is 11.3 Å². The molecule has 2 unspecified atom stereocenters. The fraction of sp³-hybridized carbons (Fsp3) is 0.538. The van der Waals surface area contributed by atoms with Crippen LogP contribution in [0.3, 0.4) is 0 Å². The molecule has 84 valence electrons. The van der Waals surface area contributed by atoms with Gasteiger partial charge < -0.3 is 0 Å². The molecule has 0 fully saturated rings. The van der Waals surface area contributed by atoms with Crippen LogP contribution in [0.15, 0.2) is 30.3 Å². The van der Waals surface area contributed by atoms with Crippen molar-refractivity contribution in [2.45, 2.75) is 39.2 Å². The van der Waals surface area contributed by atoms with Crippen LogP contribution in [0.4, 0.5) is 0 Å². The zero-order chi connectivity index (χ0) is 11.3. The Bertz CT molecular complexity index is 269. The fourth-order valence-corrected chi connectivity index (χ4v) is 2.17. The van der Waals surface area contributed by atoms with Crippen LogP contribution in [0.25, 0.3) is 0 Å². The number of hydrazine groups is 1. The molecule has 0 saturated carbocycles. The van der Waals surface area contributed by atoms with Crippen molar-refractivity contribution in [2.75, 3.05) is 0 Å². The second kappa shape index (κ2) is 5.89. The maximum Gasteiger partial charge on any atom is 0.0302 e. The van der Waals surface area contributed by atoms with Gasteiger partial charge in [-0.05, 0) is 17.9 Å². The lowest BCUT2D eigenvalue weighted by molar-refractivity contribution is 0.339. The Morgan fingerprint density at radius 3 is 2.20 bits per heavy atom. The molecule has 3 N–H and O–H groups in total. The molecule has 0 amide bonds. The average Bonchev–Trinajstić information content (AvgIpc) is 2.26. The van der Waals surface area contributed by atoms with Crippen LogP contribution in [0, 0.1) is 5.92 Å². The molecule has 0 heterocycles. The van der Waals surface area contributed by atoms with E-state index >= 15 is 0 Å². The first-order valence-electron chi connectivity index (χ1n) is 5.71. The average molecular weight is 206 g/mol. The van der Waals surface area contributed by atoms with Crippen molar-refractivity contribution in [1.29, 1.82) is 0 Å². The van der Waals surface area contributed by atoms with Crippen molar-refractivity contribution in [3.63, 3.8) is 0 Å². The van der Waals surface area contributed by atoms with Gasteiger partial charge in [0.2, 0.25) is 0 Å². The van der Waals surface area contributed by atoms with Crippen molar-refractivity contribution in [3.05, 3.63) is 35.9 Å². The molecule has 0 aliphatic heterocycles. The quantitative estimate of drug-likeness (QED) is 0.574. The molecular formula is C13H22N2. The molecule has 0 aromatic heterocycles. The molecular weight excluding hydrogens is 184 g/mol. The smallest absolute Gasteiger partial charge is 0.0302 e. The Morgan fingerprint density at radius 1 is 1.20 bits per heavy atom. The Kier molecular flexibility index (Phi) is 4.79. The van der Waals surface area contributed by atoms with Crippen LogP contribution >= 0.6 is 0 Å². The summed E-state index contributed by atoms with van der Waals surface area (Å²) in [6, 6.07) is 10.9. The molecule has 1 rings (SSSR count). The van der Waals surface area contributed by atoms with Crippen LogP contribution in [0.5, 0.6) is 0 Å². The van der Waals surface area contributed by atoms with E-state index in [1.807, 2.05) is 0 Å². The predicted octanol–water partition coefficient (Wildman–Crippen LogP) is 2.67.